The number of amides is 1. The summed E-state index contributed by atoms with van der Waals surface area (Å²) in [7, 11) is 1.68. The standard InChI is InChI=1S/C11H16N6O.ClH/c1-3-17-8(4-5-14-17)7-13-10-6-9(11(12)18)16(2)15-10;/h4-6H,3,7H2,1-2H3,(H2,12,18)(H,13,15);1H. The van der Waals surface area contributed by atoms with Crippen molar-refractivity contribution in [2.75, 3.05) is 5.32 Å². The topological polar surface area (TPSA) is 90.8 Å². The minimum Gasteiger partial charge on any atom is -0.364 e. The van der Waals surface area contributed by atoms with Crippen molar-refractivity contribution in [3.63, 3.8) is 0 Å². The molecule has 2 heterocycles. The van der Waals surface area contributed by atoms with Crippen LogP contribution in [0.25, 0.3) is 0 Å². The molecule has 0 saturated heterocycles. The van der Waals surface area contributed by atoms with Gasteiger partial charge in [-0.2, -0.15) is 10.2 Å². The molecule has 8 heteroatoms. The second-order valence-corrected chi connectivity index (χ2v) is 3.89. The van der Waals surface area contributed by atoms with Gasteiger partial charge in [0.15, 0.2) is 0 Å². The van der Waals surface area contributed by atoms with Crippen molar-refractivity contribution in [3.05, 3.63) is 29.7 Å². The van der Waals surface area contributed by atoms with E-state index in [1.54, 1.807) is 19.3 Å². The van der Waals surface area contributed by atoms with Crippen LogP contribution in [-0.2, 0) is 20.1 Å². The Kier molecular flexibility index (Phi) is 4.94. The summed E-state index contributed by atoms with van der Waals surface area (Å²) in [4.78, 5) is 11.1. The van der Waals surface area contributed by atoms with Gasteiger partial charge in [-0.1, -0.05) is 0 Å². The average molecular weight is 285 g/mol. The number of hydrogen-bond donors (Lipinski definition) is 2. The summed E-state index contributed by atoms with van der Waals surface area (Å²) in [6.45, 7) is 3.45. The number of nitrogens with two attached hydrogens (primary N) is 1. The molecule has 0 aliphatic heterocycles. The highest BCUT2D eigenvalue weighted by Crippen LogP contribution is 2.09. The summed E-state index contributed by atoms with van der Waals surface area (Å²) in [5.74, 6) is 0.131. The Morgan fingerprint density at radius 2 is 2.26 bits per heavy atom. The van der Waals surface area contributed by atoms with E-state index in [4.69, 9.17) is 5.73 Å². The van der Waals surface area contributed by atoms with E-state index >= 15 is 0 Å². The first-order chi connectivity index (χ1) is 8.61. The molecule has 2 aromatic rings. The minimum atomic E-state index is -0.489. The molecule has 7 nitrogen and oxygen atoms in total. The summed E-state index contributed by atoms with van der Waals surface area (Å²) in [6.07, 6.45) is 1.76. The fraction of sp³-hybridized carbons (Fsp3) is 0.364. The predicted molar refractivity (Wildman–Crippen MR) is 74.2 cm³/mol. The molecule has 0 aliphatic carbocycles. The van der Waals surface area contributed by atoms with Crippen LogP contribution in [0.3, 0.4) is 0 Å². The van der Waals surface area contributed by atoms with Gasteiger partial charge in [-0.3, -0.25) is 14.2 Å². The summed E-state index contributed by atoms with van der Waals surface area (Å²) < 4.78 is 3.35. The predicted octanol–water partition coefficient (Wildman–Crippen LogP) is 0.769. The van der Waals surface area contributed by atoms with Crippen LogP contribution in [0.15, 0.2) is 18.3 Å². The molecular formula is C11H17ClN6O. The van der Waals surface area contributed by atoms with Gasteiger partial charge < -0.3 is 11.1 Å². The van der Waals surface area contributed by atoms with Gasteiger partial charge in [-0.05, 0) is 13.0 Å². The number of nitrogens with zero attached hydrogens (tertiary/aromatic N) is 4. The highest BCUT2D eigenvalue weighted by Gasteiger charge is 2.10. The van der Waals surface area contributed by atoms with Crippen molar-refractivity contribution < 1.29 is 4.79 Å². The van der Waals surface area contributed by atoms with Gasteiger partial charge in [-0.25, -0.2) is 0 Å². The SMILES string of the molecule is CCn1nccc1CNc1cc(C(N)=O)n(C)n1.Cl. The molecule has 0 atom stereocenters. The third-order valence-electron chi connectivity index (χ3n) is 2.69. The average Bonchev–Trinajstić information content (AvgIpc) is 2.92. The van der Waals surface area contributed by atoms with Crippen molar-refractivity contribution >= 4 is 24.1 Å². The molecule has 0 radical (unpaired) electrons. The van der Waals surface area contributed by atoms with E-state index in [0.29, 0.717) is 18.1 Å². The molecule has 2 aromatic heterocycles. The molecule has 2 rings (SSSR count). The molecule has 1 amide bonds. The zero-order valence-corrected chi connectivity index (χ0v) is 11.6. The number of halogens is 1. The number of aryl methyl sites for hydroxylation is 2. The molecule has 19 heavy (non-hydrogen) atoms. The first-order valence-electron chi connectivity index (χ1n) is 5.70. The number of carbonyl (C=O) groups is 1. The van der Waals surface area contributed by atoms with E-state index in [-0.39, 0.29) is 12.4 Å². The van der Waals surface area contributed by atoms with E-state index in [2.05, 4.69) is 15.5 Å². The van der Waals surface area contributed by atoms with Crippen LogP contribution >= 0.6 is 12.4 Å². The largest absolute Gasteiger partial charge is 0.364 e. The first-order valence-corrected chi connectivity index (χ1v) is 5.70. The van der Waals surface area contributed by atoms with E-state index < -0.39 is 5.91 Å². The summed E-state index contributed by atoms with van der Waals surface area (Å²) in [5, 5.41) is 11.5. The van der Waals surface area contributed by atoms with Crippen molar-refractivity contribution in [2.45, 2.75) is 20.0 Å². The Morgan fingerprint density at radius 3 is 2.84 bits per heavy atom. The second kappa shape index (κ2) is 6.24. The lowest BCUT2D eigenvalue weighted by atomic mass is 10.4. The van der Waals surface area contributed by atoms with Crippen molar-refractivity contribution in [1.29, 1.82) is 0 Å². The molecule has 0 bridgehead atoms. The monoisotopic (exact) mass is 284 g/mol. The van der Waals surface area contributed by atoms with Gasteiger partial charge in [0.25, 0.3) is 5.91 Å². The molecule has 0 aliphatic rings. The van der Waals surface area contributed by atoms with E-state index in [1.165, 1.54) is 4.68 Å². The van der Waals surface area contributed by atoms with E-state index in [1.807, 2.05) is 17.7 Å². The lowest BCUT2D eigenvalue weighted by Gasteiger charge is -2.05. The van der Waals surface area contributed by atoms with Gasteiger partial charge in [0.05, 0.1) is 12.2 Å². The fourth-order valence-electron chi connectivity index (χ4n) is 1.76. The fourth-order valence-corrected chi connectivity index (χ4v) is 1.76. The van der Waals surface area contributed by atoms with Crippen LogP contribution in [-0.4, -0.2) is 25.5 Å². The van der Waals surface area contributed by atoms with Crippen molar-refractivity contribution in [1.82, 2.24) is 19.6 Å². The number of anilines is 1. The minimum absolute atomic E-state index is 0. The van der Waals surface area contributed by atoms with Crippen LogP contribution in [0.1, 0.15) is 23.1 Å². The zero-order chi connectivity index (χ0) is 13.1. The summed E-state index contributed by atoms with van der Waals surface area (Å²) >= 11 is 0. The Balaban J connectivity index is 0.00000180. The molecule has 0 aromatic carbocycles. The quantitative estimate of drug-likeness (QED) is 0.848. The lowest BCUT2D eigenvalue weighted by Crippen LogP contribution is -2.15. The van der Waals surface area contributed by atoms with Gasteiger partial charge in [0.2, 0.25) is 0 Å². The van der Waals surface area contributed by atoms with Crippen LogP contribution < -0.4 is 11.1 Å². The Morgan fingerprint density at radius 1 is 1.53 bits per heavy atom. The molecule has 0 fully saturated rings. The zero-order valence-electron chi connectivity index (χ0n) is 10.8. The molecular weight excluding hydrogens is 268 g/mol. The van der Waals surface area contributed by atoms with Gasteiger partial charge in [-0.15, -0.1) is 12.4 Å². The van der Waals surface area contributed by atoms with Crippen LogP contribution in [0, 0.1) is 0 Å². The highest BCUT2D eigenvalue weighted by atomic mass is 35.5. The number of carbonyl (C=O) groups excluding carboxylic acids is 1. The summed E-state index contributed by atoms with van der Waals surface area (Å²) in [5.41, 5.74) is 6.66. The molecule has 0 unspecified atom stereocenters. The first kappa shape index (κ1) is 15.0. The molecule has 0 saturated carbocycles. The number of aromatic nitrogens is 4. The molecule has 0 spiro atoms. The molecule has 104 valence electrons. The number of rotatable bonds is 5. The van der Waals surface area contributed by atoms with Gasteiger partial charge in [0, 0.05) is 25.9 Å². The van der Waals surface area contributed by atoms with Gasteiger partial charge in [0.1, 0.15) is 11.5 Å². The maximum atomic E-state index is 11.1. The third kappa shape index (κ3) is 3.25. The van der Waals surface area contributed by atoms with Crippen molar-refractivity contribution in [3.8, 4) is 0 Å². The lowest BCUT2D eigenvalue weighted by molar-refractivity contribution is 0.0991. The van der Waals surface area contributed by atoms with Gasteiger partial charge >= 0.3 is 0 Å². The highest BCUT2D eigenvalue weighted by molar-refractivity contribution is 5.91. The van der Waals surface area contributed by atoms with Crippen LogP contribution in [0.5, 0.6) is 0 Å². The maximum Gasteiger partial charge on any atom is 0.267 e. The summed E-state index contributed by atoms with van der Waals surface area (Å²) in [6, 6.07) is 3.57. The molecule has 3 N–H and O–H groups in total. The second-order valence-electron chi connectivity index (χ2n) is 3.89. The normalized spacial score (nSPS) is 10.0. The number of nitrogens with one attached hydrogen (secondary N) is 1. The Bertz CT molecular complexity index is 561. The van der Waals surface area contributed by atoms with E-state index in [0.717, 1.165) is 12.2 Å². The Labute approximate surface area is 117 Å². The maximum absolute atomic E-state index is 11.1. The number of hydrogen-bond acceptors (Lipinski definition) is 4. The van der Waals surface area contributed by atoms with E-state index in [9.17, 15) is 4.79 Å². The number of primary amides is 1. The van der Waals surface area contributed by atoms with Crippen LogP contribution in [0.4, 0.5) is 5.82 Å². The Hall–Kier alpha value is -2.02. The van der Waals surface area contributed by atoms with Crippen molar-refractivity contribution in [2.24, 2.45) is 12.8 Å². The van der Waals surface area contributed by atoms with Crippen LogP contribution in [0.2, 0.25) is 0 Å². The smallest absolute Gasteiger partial charge is 0.267 e. The third-order valence-corrected chi connectivity index (χ3v) is 2.69.